The molecule has 0 aliphatic heterocycles. The van der Waals surface area contributed by atoms with Gasteiger partial charge in [-0.3, -0.25) is 0 Å². The van der Waals surface area contributed by atoms with Gasteiger partial charge in [0.05, 0.1) is 0 Å². The molecule has 0 amide bonds. The van der Waals surface area contributed by atoms with E-state index in [1.54, 1.807) is 0 Å². The maximum absolute atomic E-state index is 12.0. The molecule has 3 unspecified atom stereocenters. The van der Waals surface area contributed by atoms with Crippen LogP contribution in [-0.2, 0) is 0 Å². The van der Waals surface area contributed by atoms with E-state index in [9.17, 15) is 26.3 Å². The third-order valence-electron chi connectivity index (χ3n) is 1.04. The van der Waals surface area contributed by atoms with Gasteiger partial charge in [0.2, 0.25) is 0 Å². The molecular formula is C5H6F6. The fraction of sp³-hybridized carbons (Fsp3) is 1.00. The van der Waals surface area contributed by atoms with Gasteiger partial charge in [0.25, 0.3) is 6.43 Å². The Morgan fingerprint density at radius 1 is 0.818 bits per heavy atom. The first-order valence-corrected chi connectivity index (χ1v) is 2.77. The highest BCUT2D eigenvalue weighted by Crippen LogP contribution is 2.18. The Hall–Kier alpha value is -0.420. The molecule has 0 aromatic carbocycles. The van der Waals surface area contributed by atoms with Crippen LogP contribution in [-0.4, -0.2) is 31.6 Å². The van der Waals surface area contributed by atoms with Crippen molar-refractivity contribution in [2.24, 2.45) is 0 Å². The van der Waals surface area contributed by atoms with E-state index in [1.165, 1.54) is 0 Å². The number of alkyl halides is 6. The van der Waals surface area contributed by atoms with Crippen LogP contribution in [0, 0.1) is 0 Å². The van der Waals surface area contributed by atoms with E-state index >= 15 is 0 Å². The van der Waals surface area contributed by atoms with Crippen molar-refractivity contribution in [3.05, 3.63) is 0 Å². The predicted octanol–water partition coefficient (Wildman–Crippen LogP) is 2.24. The molecule has 0 bridgehead atoms. The van der Waals surface area contributed by atoms with Crippen LogP contribution in [0.15, 0.2) is 0 Å². The van der Waals surface area contributed by atoms with Crippen LogP contribution in [0.2, 0.25) is 0 Å². The lowest BCUT2D eigenvalue weighted by molar-refractivity contribution is -0.0270. The summed E-state index contributed by atoms with van der Waals surface area (Å²) in [6, 6.07) is 0. The summed E-state index contributed by atoms with van der Waals surface area (Å²) in [5.74, 6) is 0. The lowest BCUT2D eigenvalue weighted by atomic mass is 10.2. The fourth-order valence-electron chi connectivity index (χ4n) is 0.424. The van der Waals surface area contributed by atoms with Gasteiger partial charge in [-0.1, -0.05) is 0 Å². The molecule has 0 radical (unpaired) electrons. The Kier molecular flexibility index (Phi) is 4.29. The summed E-state index contributed by atoms with van der Waals surface area (Å²) in [4.78, 5) is 0. The minimum absolute atomic E-state index is 1.80. The smallest absolute Gasteiger partial charge is 0.248 e. The summed E-state index contributed by atoms with van der Waals surface area (Å²) in [6.45, 7) is -1.80. The Morgan fingerprint density at radius 2 is 1.27 bits per heavy atom. The first kappa shape index (κ1) is 10.6. The third kappa shape index (κ3) is 2.98. The summed E-state index contributed by atoms with van der Waals surface area (Å²) in [7, 11) is 0. The average Bonchev–Trinajstić information content (AvgIpc) is 2.00. The monoisotopic (exact) mass is 180 g/mol. The van der Waals surface area contributed by atoms with Crippen LogP contribution < -0.4 is 0 Å². The van der Waals surface area contributed by atoms with E-state index in [-0.39, 0.29) is 0 Å². The largest absolute Gasteiger partial charge is 0.272 e. The second-order valence-electron chi connectivity index (χ2n) is 1.89. The zero-order valence-electron chi connectivity index (χ0n) is 5.28. The zero-order valence-corrected chi connectivity index (χ0v) is 5.28. The number of rotatable bonds is 4. The molecule has 0 rings (SSSR count). The van der Waals surface area contributed by atoms with E-state index in [4.69, 9.17) is 0 Å². The topological polar surface area (TPSA) is 0 Å². The van der Waals surface area contributed by atoms with Gasteiger partial charge in [-0.15, -0.1) is 0 Å². The SMILES string of the molecule is FCC(F)C(F)C(F)C(F)F. The Bertz CT molecular complexity index is 105. The minimum atomic E-state index is -3.62. The molecule has 6 heteroatoms. The molecular weight excluding hydrogens is 174 g/mol. The Labute approximate surface area is 59.2 Å². The second-order valence-corrected chi connectivity index (χ2v) is 1.89. The number of halogens is 6. The van der Waals surface area contributed by atoms with Crippen molar-refractivity contribution < 1.29 is 26.3 Å². The van der Waals surface area contributed by atoms with Crippen molar-refractivity contribution >= 4 is 0 Å². The summed E-state index contributed by atoms with van der Waals surface area (Å²) in [5.41, 5.74) is 0. The van der Waals surface area contributed by atoms with Gasteiger partial charge < -0.3 is 0 Å². The summed E-state index contributed by atoms with van der Waals surface area (Å²) in [6.07, 6.45) is -12.8. The van der Waals surface area contributed by atoms with Gasteiger partial charge in [0, 0.05) is 0 Å². The summed E-state index contributed by atoms with van der Waals surface area (Å²) >= 11 is 0. The normalized spacial score (nSPS) is 19.9. The molecule has 0 fully saturated rings. The van der Waals surface area contributed by atoms with Gasteiger partial charge in [0.1, 0.15) is 6.67 Å². The van der Waals surface area contributed by atoms with E-state index < -0.39 is 31.6 Å². The highest BCUT2D eigenvalue weighted by molar-refractivity contribution is 4.77. The minimum Gasteiger partial charge on any atom is -0.248 e. The number of hydrogen-bond donors (Lipinski definition) is 0. The van der Waals surface area contributed by atoms with Crippen molar-refractivity contribution in [3.63, 3.8) is 0 Å². The second kappa shape index (κ2) is 4.46. The summed E-state index contributed by atoms with van der Waals surface area (Å²) < 4.78 is 69.4. The van der Waals surface area contributed by atoms with Crippen molar-refractivity contribution in [2.45, 2.75) is 24.9 Å². The lowest BCUT2D eigenvalue weighted by Crippen LogP contribution is -2.34. The molecule has 0 nitrogen and oxygen atoms in total. The zero-order chi connectivity index (χ0) is 9.02. The van der Waals surface area contributed by atoms with E-state index in [0.29, 0.717) is 0 Å². The highest BCUT2D eigenvalue weighted by Gasteiger charge is 2.36. The molecule has 0 aromatic heterocycles. The van der Waals surface area contributed by atoms with Gasteiger partial charge in [0.15, 0.2) is 18.5 Å². The Morgan fingerprint density at radius 3 is 1.55 bits per heavy atom. The molecule has 3 atom stereocenters. The van der Waals surface area contributed by atoms with Gasteiger partial charge in [-0.05, 0) is 0 Å². The van der Waals surface area contributed by atoms with Crippen LogP contribution in [0.25, 0.3) is 0 Å². The van der Waals surface area contributed by atoms with Crippen molar-refractivity contribution in [2.75, 3.05) is 6.67 Å². The molecule has 0 aromatic rings. The molecule has 0 aliphatic rings. The first-order chi connectivity index (χ1) is 5.00. The van der Waals surface area contributed by atoms with Gasteiger partial charge >= 0.3 is 0 Å². The van der Waals surface area contributed by atoms with Crippen molar-refractivity contribution in [3.8, 4) is 0 Å². The van der Waals surface area contributed by atoms with Gasteiger partial charge in [-0.25, -0.2) is 26.3 Å². The van der Waals surface area contributed by atoms with Crippen LogP contribution >= 0.6 is 0 Å². The standard InChI is InChI=1S/C5H6F6/c6-1-2(7)3(8)4(9)5(10)11/h2-5H,1H2. The fourth-order valence-corrected chi connectivity index (χ4v) is 0.424. The quantitative estimate of drug-likeness (QED) is 0.582. The molecule has 0 N–H and O–H groups in total. The Balaban J connectivity index is 3.90. The maximum atomic E-state index is 12.0. The van der Waals surface area contributed by atoms with Gasteiger partial charge in [-0.2, -0.15) is 0 Å². The molecule has 0 aliphatic carbocycles. The molecule has 0 heterocycles. The van der Waals surface area contributed by atoms with Crippen molar-refractivity contribution in [1.82, 2.24) is 0 Å². The molecule has 11 heavy (non-hydrogen) atoms. The predicted molar refractivity (Wildman–Crippen MR) is 26.7 cm³/mol. The van der Waals surface area contributed by atoms with Crippen LogP contribution in [0.3, 0.4) is 0 Å². The average molecular weight is 180 g/mol. The van der Waals surface area contributed by atoms with Crippen LogP contribution in [0.5, 0.6) is 0 Å². The van der Waals surface area contributed by atoms with E-state index in [1.807, 2.05) is 0 Å². The van der Waals surface area contributed by atoms with Crippen molar-refractivity contribution in [1.29, 1.82) is 0 Å². The third-order valence-corrected chi connectivity index (χ3v) is 1.04. The number of hydrogen-bond acceptors (Lipinski definition) is 0. The van der Waals surface area contributed by atoms with Crippen LogP contribution in [0.1, 0.15) is 0 Å². The maximum Gasteiger partial charge on any atom is 0.272 e. The molecule has 68 valence electrons. The molecule has 0 saturated carbocycles. The highest BCUT2D eigenvalue weighted by atomic mass is 19.3. The lowest BCUT2D eigenvalue weighted by Gasteiger charge is -2.13. The van der Waals surface area contributed by atoms with Crippen LogP contribution in [0.4, 0.5) is 26.3 Å². The molecule has 0 spiro atoms. The molecule has 0 saturated heterocycles. The van der Waals surface area contributed by atoms with E-state index in [0.717, 1.165) is 0 Å². The first-order valence-electron chi connectivity index (χ1n) is 2.77. The van der Waals surface area contributed by atoms with E-state index in [2.05, 4.69) is 0 Å². The summed E-state index contributed by atoms with van der Waals surface area (Å²) in [5, 5.41) is 0.